The Bertz CT molecular complexity index is 1180. The fourth-order valence-corrected chi connectivity index (χ4v) is 4.05. The third kappa shape index (κ3) is 4.86. The van der Waals surface area contributed by atoms with Crippen molar-refractivity contribution in [3.8, 4) is 0 Å². The van der Waals surface area contributed by atoms with Crippen LogP contribution in [-0.2, 0) is 9.59 Å². The maximum Gasteiger partial charge on any atom is 0.328 e. The van der Waals surface area contributed by atoms with Crippen molar-refractivity contribution in [1.82, 2.24) is 4.90 Å². The van der Waals surface area contributed by atoms with Crippen molar-refractivity contribution in [2.24, 2.45) is 5.92 Å². The molecule has 1 heterocycles. The third-order valence-electron chi connectivity index (χ3n) is 5.70. The summed E-state index contributed by atoms with van der Waals surface area (Å²) in [6.45, 7) is 1.02. The number of hydrogen-bond acceptors (Lipinski definition) is 3. The van der Waals surface area contributed by atoms with E-state index in [2.05, 4.69) is 5.32 Å². The SMILES string of the molecule is O=C(O)/C=C/c1ccc(NC(=O)C2CCCN(C(=O)c3cccc4ccccc34)C2)cc1. The summed E-state index contributed by atoms with van der Waals surface area (Å²) in [5.74, 6) is -1.46. The smallest absolute Gasteiger partial charge is 0.328 e. The van der Waals surface area contributed by atoms with Crippen molar-refractivity contribution in [2.45, 2.75) is 12.8 Å². The van der Waals surface area contributed by atoms with E-state index in [4.69, 9.17) is 5.11 Å². The van der Waals surface area contributed by atoms with Gasteiger partial charge >= 0.3 is 5.97 Å². The highest BCUT2D eigenvalue weighted by Gasteiger charge is 2.29. The van der Waals surface area contributed by atoms with Crippen LogP contribution in [0.25, 0.3) is 16.8 Å². The molecule has 2 N–H and O–H groups in total. The number of carbonyl (C=O) groups is 3. The van der Waals surface area contributed by atoms with Gasteiger partial charge in [0.1, 0.15) is 0 Å². The minimum Gasteiger partial charge on any atom is -0.478 e. The lowest BCUT2D eigenvalue weighted by atomic mass is 9.95. The first-order valence-electron chi connectivity index (χ1n) is 10.6. The highest BCUT2D eigenvalue weighted by molar-refractivity contribution is 6.07. The van der Waals surface area contributed by atoms with Gasteiger partial charge in [0.05, 0.1) is 5.92 Å². The van der Waals surface area contributed by atoms with Crippen LogP contribution in [0.3, 0.4) is 0 Å². The predicted molar refractivity (Wildman–Crippen MR) is 124 cm³/mol. The van der Waals surface area contributed by atoms with Crippen LogP contribution < -0.4 is 5.32 Å². The summed E-state index contributed by atoms with van der Waals surface area (Å²) >= 11 is 0. The minimum atomic E-state index is -1.01. The number of benzene rings is 3. The van der Waals surface area contributed by atoms with Crippen LogP contribution in [-0.4, -0.2) is 40.9 Å². The van der Waals surface area contributed by atoms with E-state index < -0.39 is 5.97 Å². The van der Waals surface area contributed by atoms with Crippen LogP contribution >= 0.6 is 0 Å². The molecule has 3 aromatic carbocycles. The number of carboxylic acid groups (broad SMARTS) is 1. The van der Waals surface area contributed by atoms with Crippen LogP contribution in [0.5, 0.6) is 0 Å². The first-order chi connectivity index (χ1) is 15.5. The molecule has 2 amide bonds. The highest BCUT2D eigenvalue weighted by Crippen LogP contribution is 2.24. The Hall–Kier alpha value is -3.93. The standard InChI is InChI=1S/C26H24N2O4/c29-24(30)15-12-18-10-13-21(14-11-18)27-25(31)20-7-4-16-28(17-20)26(32)23-9-3-6-19-5-1-2-8-22(19)23/h1-3,5-6,8-15,20H,4,7,16-17H2,(H,27,31)(H,29,30)/b15-12+. The second kappa shape index (κ2) is 9.47. The number of nitrogens with zero attached hydrogens (tertiary/aromatic N) is 1. The van der Waals surface area contributed by atoms with Gasteiger partial charge in [0.25, 0.3) is 5.91 Å². The Labute approximate surface area is 186 Å². The Morgan fingerprint density at radius 2 is 1.72 bits per heavy atom. The first kappa shape index (κ1) is 21.3. The van der Waals surface area contributed by atoms with Crippen molar-refractivity contribution >= 4 is 40.3 Å². The van der Waals surface area contributed by atoms with Crippen LogP contribution in [0, 0.1) is 5.92 Å². The van der Waals surface area contributed by atoms with Crippen LogP contribution in [0.1, 0.15) is 28.8 Å². The van der Waals surface area contributed by atoms with Gasteiger partial charge in [-0.15, -0.1) is 0 Å². The maximum atomic E-state index is 13.2. The Balaban J connectivity index is 1.42. The molecule has 3 aromatic rings. The van der Waals surface area contributed by atoms with Gasteiger partial charge in [0, 0.05) is 30.4 Å². The highest BCUT2D eigenvalue weighted by atomic mass is 16.4. The summed E-state index contributed by atoms with van der Waals surface area (Å²) in [7, 11) is 0. The van der Waals surface area contributed by atoms with Gasteiger partial charge in [0.15, 0.2) is 0 Å². The number of piperidine rings is 1. The fraction of sp³-hybridized carbons (Fsp3) is 0.192. The normalized spacial score (nSPS) is 16.2. The van der Waals surface area contributed by atoms with Crippen LogP contribution in [0.2, 0.25) is 0 Å². The zero-order valence-corrected chi connectivity index (χ0v) is 17.5. The molecule has 1 atom stereocenters. The molecule has 0 aromatic heterocycles. The number of amides is 2. The largest absolute Gasteiger partial charge is 0.478 e. The summed E-state index contributed by atoms with van der Waals surface area (Å²) in [5.41, 5.74) is 2.03. The number of carbonyl (C=O) groups excluding carboxylic acids is 2. The van der Waals surface area contributed by atoms with E-state index in [0.29, 0.717) is 24.3 Å². The molecule has 1 aliphatic heterocycles. The molecule has 0 saturated carbocycles. The molecule has 6 heteroatoms. The molecule has 1 fully saturated rings. The van der Waals surface area contributed by atoms with Gasteiger partial charge in [-0.3, -0.25) is 9.59 Å². The lowest BCUT2D eigenvalue weighted by molar-refractivity contribution is -0.131. The van der Waals surface area contributed by atoms with Gasteiger partial charge in [-0.25, -0.2) is 4.79 Å². The van der Waals surface area contributed by atoms with Gasteiger partial charge in [-0.1, -0.05) is 48.5 Å². The minimum absolute atomic E-state index is 0.0473. The van der Waals surface area contributed by atoms with E-state index in [-0.39, 0.29) is 17.7 Å². The Morgan fingerprint density at radius 3 is 2.50 bits per heavy atom. The Morgan fingerprint density at radius 1 is 0.969 bits per heavy atom. The van der Waals surface area contributed by atoms with Crippen molar-refractivity contribution < 1.29 is 19.5 Å². The average Bonchev–Trinajstić information content (AvgIpc) is 2.83. The second-order valence-corrected chi connectivity index (χ2v) is 7.90. The number of rotatable bonds is 5. The second-order valence-electron chi connectivity index (χ2n) is 7.90. The van der Waals surface area contributed by atoms with E-state index in [1.54, 1.807) is 29.2 Å². The third-order valence-corrected chi connectivity index (χ3v) is 5.70. The summed E-state index contributed by atoms with van der Waals surface area (Å²) in [6, 6.07) is 20.5. The number of carboxylic acids is 1. The zero-order chi connectivity index (χ0) is 22.5. The summed E-state index contributed by atoms with van der Waals surface area (Å²) < 4.78 is 0. The molecule has 1 unspecified atom stereocenters. The van der Waals surface area contributed by atoms with Gasteiger partial charge in [0.2, 0.25) is 5.91 Å². The van der Waals surface area contributed by atoms with E-state index in [1.807, 2.05) is 42.5 Å². The Kier molecular flexibility index (Phi) is 6.31. The number of likely N-dealkylation sites (tertiary alicyclic amines) is 1. The van der Waals surface area contributed by atoms with E-state index in [9.17, 15) is 14.4 Å². The van der Waals surface area contributed by atoms with E-state index in [0.717, 1.165) is 35.3 Å². The van der Waals surface area contributed by atoms with Crippen molar-refractivity contribution in [3.05, 3.63) is 83.9 Å². The van der Waals surface area contributed by atoms with E-state index in [1.165, 1.54) is 6.08 Å². The fourth-order valence-electron chi connectivity index (χ4n) is 4.05. The summed E-state index contributed by atoms with van der Waals surface area (Å²) in [4.78, 5) is 38.5. The molecule has 4 rings (SSSR count). The van der Waals surface area contributed by atoms with Crippen molar-refractivity contribution in [3.63, 3.8) is 0 Å². The monoisotopic (exact) mass is 428 g/mol. The number of hydrogen-bond donors (Lipinski definition) is 2. The van der Waals surface area contributed by atoms with Crippen LogP contribution in [0.4, 0.5) is 5.69 Å². The number of fused-ring (bicyclic) bond motifs is 1. The molecule has 1 aliphatic rings. The lowest BCUT2D eigenvalue weighted by Gasteiger charge is -2.32. The quantitative estimate of drug-likeness (QED) is 0.589. The first-order valence-corrected chi connectivity index (χ1v) is 10.6. The maximum absolute atomic E-state index is 13.2. The molecule has 1 saturated heterocycles. The predicted octanol–water partition coefficient (Wildman–Crippen LogP) is 4.43. The zero-order valence-electron chi connectivity index (χ0n) is 17.5. The molecule has 6 nitrogen and oxygen atoms in total. The lowest BCUT2D eigenvalue weighted by Crippen LogP contribution is -2.43. The summed E-state index contributed by atoms with van der Waals surface area (Å²) in [5, 5.41) is 13.6. The van der Waals surface area contributed by atoms with Crippen molar-refractivity contribution in [2.75, 3.05) is 18.4 Å². The number of nitrogens with one attached hydrogen (secondary N) is 1. The topological polar surface area (TPSA) is 86.7 Å². The molecule has 0 bridgehead atoms. The molecule has 0 aliphatic carbocycles. The summed E-state index contributed by atoms with van der Waals surface area (Å²) in [6.07, 6.45) is 4.06. The van der Waals surface area contributed by atoms with Crippen molar-refractivity contribution in [1.29, 1.82) is 0 Å². The molecule has 162 valence electrons. The number of aliphatic carboxylic acids is 1. The average molecular weight is 428 g/mol. The number of anilines is 1. The molecular weight excluding hydrogens is 404 g/mol. The van der Waals surface area contributed by atoms with Gasteiger partial charge in [-0.2, -0.15) is 0 Å². The molecular formula is C26H24N2O4. The van der Waals surface area contributed by atoms with E-state index >= 15 is 0 Å². The molecule has 0 spiro atoms. The van der Waals surface area contributed by atoms with Crippen LogP contribution in [0.15, 0.2) is 72.8 Å². The van der Waals surface area contributed by atoms with Gasteiger partial charge in [-0.05, 0) is 53.5 Å². The molecule has 0 radical (unpaired) electrons. The molecule has 32 heavy (non-hydrogen) atoms. The van der Waals surface area contributed by atoms with Gasteiger partial charge < -0.3 is 15.3 Å².